The van der Waals surface area contributed by atoms with Gasteiger partial charge in [-0.05, 0) is 30.3 Å². The van der Waals surface area contributed by atoms with Crippen LogP contribution in [0.3, 0.4) is 0 Å². The minimum Gasteiger partial charge on any atom is -0.495 e. The molecule has 28 heavy (non-hydrogen) atoms. The fourth-order valence-electron chi connectivity index (χ4n) is 2.91. The maximum Gasteiger partial charge on any atom is 0.264 e. The molecule has 2 aromatic carbocycles. The minimum absolute atomic E-state index is 0.152. The fourth-order valence-corrected chi connectivity index (χ4v) is 3.16. The lowest BCUT2D eigenvalue weighted by Crippen LogP contribution is -2.24. The fraction of sp³-hybridized carbons (Fsp3) is 0.100. The molecule has 0 saturated heterocycles. The van der Waals surface area contributed by atoms with Crippen LogP contribution in [-0.2, 0) is 6.54 Å². The van der Waals surface area contributed by atoms with Gasteiger partial charge in [-0.1, -0.05) is 29.8 Å². The van der Waals surface area contributed by atoms with Crippen molar-refractivity contribution in [3.05, 3.63) is 82.0 Å². The number of hydrogen-bond acceptors (Lipinski definition) is 5. The van der Waals surface area contributed by atoms with Crippen molar-refractivity contribution in [1.82, 2.24) is 19.3 Å². The second-order valence-electron chi connectivity index (χ2n) is 6.08. The highest BCUT2D eigenvalue weighted by Gasteiger charge is 2.15. The number of halogens is 1. The smallest absolute Gasteiger partial charge is 0.264 e. The predicted molar refractivity (Wildman–Crippen MR) is 105 cm³/mol. The first-order valence-electron chi connectivity index (χ1n) is 8.44. The quantitative estimate of drug-likeness (QED) is 0.486. The standard InChI is InChI=1S/C20H15ClN4O3/c1-28-18-8-7-13(9-16(18)21)17(26)11-24-12-22-19-15(20(24)27)10-23-25(19)14-5-3-2-4-6-14/h2-10,12H,11H2,1H3. The van der Waals surface area contributed by atoms with E-state index in [1.807, 2.05) is 30.3 Å². The van der Waals surface area contributed by atoms with Crippen LogP contribution in [0.15, 0.2) is 65.8 Å². The average molecular weight is 395 g/mol. The van der Waals surface area contributed by atoms with E-state index in [-0.39, 0.29) is 17.9 Å². The molecule has 0 atom stereocenters. The molecule has 0 amide bonds. The highest BCUT2D eigenvalue weighted by molar-refractivity contribution is 6.32. The third kappa shape index (κ3) is 3.16. The van der Waals surface area contributed by atoms with E-state index in [0.29, 0.717) is 27.4 Å². The first-order valence-corrected chi connectivity index (χ1v) is 8.81. The molecule has 0 fully saturated rings. The molecule has 0 aliphatic rings. The highest BCUT2D eigenvalue weighted by Crippen LogP contribution is 2.25. The molecule has 0 N–H and O–H groups in total. The molecule has 140 valence electrons. The molecular weight excluding hydrogens is 380 g/mol. The van der Waals surface area contributed by atoms with E-state index in [4.69, 9.17) is 16.3 Å². The average Bonchev–Trinajstić information content (AvgIpc) is 3.15. The number of hydrogen-bond donors (Lipinski definition) is 0. The van der Waals surface area contributed by atoms with Gasteiger partial charge in [0.15, 0.2) is 11.4 Å². The van der Waals surface area contributed by atoms with Gasteiger partial charge in [0.1, 0.15) is 17.5 Å². The number of ketones is 1. The van der Waals surface area contributed by atoms with Crippen LogP contribution in [0.5, 0.6) is 5.75 Å². The van der Waals surface area contributed by atoms with E-state index in [2.05, 4.69) is 10.1 Å². The summed E-state index contributed by atoms with van der Waals surface area (Å²) in [6.07, 6.45) is 2.82. The lowest BCUT2D eigenvalue weighted by Gasteiger charge is -2.08. The van der Waals surface area contributed by atoms with Gasteiger partial charge in [-0.25, -0.2) is 9.67 Å². The Labute approximate surface area is 164 Å². The zero-order valence-electron chi connectivity index (χ0n) is 14.9. The summed E-state index contributed by atoms with van der Waals surface area (Å²) in [5, 5.41) is 4.93. The van der Waals surface area contributed by atoms with E-state index in [1.54, 1.807) is 16.8 Å². The van der Waals surface area contributed by atoms with Crippen molar-refractivity contribution in [2.45, 2.75) is 6.54 Å². The molecule has 0 aliphatic heterocycles. The number of rotatable bonds is 5. The summed E-state index contributed by atoms with van der Waals surface area (Å²) in [4.78, 5) is 29.7. The molecule has 8 heteroatoms. The summed E-state index contributed by atoms with van der Waals surface area (Å²) < 4.78 is 7.94. The summed E-state index contributed by atoms with van der Waals surface area (Å²) >= 11 is 6.08. The number of carbonyl (C=O) groups is 1. The van der Waals surface area contributed by atoms with Gasteiger partial charge >= 0.3 is 0 Å². The van der Waals surface area contributed by atoms with E-state index in [0.717, 1.165) is 5.69 Å². The number of Topliss-reactive ketones (excluding diaryl/α,β-unsaturated/α-hetero) is 1. The first kappa shape index (κ1) is 17.9. The Bertz CT molecular complexity index is 1230. The van der Waals surface area contributed by atoms with E-state index in [9.17, 15) is 9.59 Å². The summed E-state index contributed by atoms with van der Waals surface area (Å²) in [6.45, 7) is -0.152. The van der Waals surface area contributed by atoms with Crippen molar-refractivity contribution in [2.24, 2.45) is 0 Å². The Morgan fingerprint density at radius 3 is 2.68 bits per heavy atom. The first-order chi connectivity index (χ1) is 13.6. The van der Waals surface area contributed by atoms with Crippen molar-refractivity contribution >= 4 is 28.4 Å². The molecule has 2 heterocycles. The van der Waals surface area contributed by atoms with Gasteiger partial charge in [0.25, 0.3) is 5.56 Å². The van der Waals surface area contributed by atoms with Crippen LogP contribution in [0.25, 0.3) is 16.7 Å². The summed E-state index contributed by atoms with van der Waals surface area (Å²) in [5.41, 5.74) is 1.29. The Balaban J connectivity index is 1.67. The molecule has 0 radical (unpaired) electrons. The predicted octanol–water partition coefficient (Wildman–Crippen LogP) is 3.13. The van der Waals surface area contributed by atoms with Crippen LogP contribution in [0.4, 0.5) is 0 Å². The van der Waals surface area contributed by atoms with Crippen LogP contribution >= 0.6 is 11.6 Å². The summed E-state index contributed by atoms with van der Waals surface area (Å²) in [7, 11) is 1.50. The number of aromatic nitrogens is 4. The van der Waals surface area contributed by atoms with Gasteiger partial charge in [0.2, 0.25) is 0 Å². The van der Waals surface area contributed by atoms with E-state index in [1.165, 1.54) is 30.3 Å². The Morgan fingerprint density at radius 1 is 1.18 bits per heavy atom. The Hall–Kier alpha value is -3.45. The SMILES string of the molecule is COc1ccc(C(=O)Cn2cnc3c(cnn3-c3ccccc3)c2=O)cc1Cl. The monoisotopic (exact) mass is 394 g/mol. The molecule has 0 aliphatic carbocycles. The molecule has 0 saturated carbocycles. The van der Waals surface area contributed by atoms with Crippen LogP contribution in [0, 0.1) is 0 Å². The van der Waals surface area contributed by atoms with Crippen LogP contribution in [0.2, 0.25) is 5.02 Å². The van der Waals surface area contributed by atoms with Crippen molar-refractivity contribution in [1.29, 1.82) is 0 Å². The van der Waals surface area contributed by atoms with Gasteiger partial charge < -0.3 is 4.74 Å². The topological polar surface area (TPSA) is 79.0 Å². The largest absolute Gasteiger partial charge is 0.495 e. The molecule has 0 unspecified atom stereocenters. The third-order valence-electron chi connectivity index (χ3n) is 4.34. The maximum atomic E-state index is 12.8. The summed E-state index contributed by atoms with van der Waals surface area (Å²) in [6, 6.07) is 14.1. The Morgan fingerprint density at radius 2 is 1.96 bits per heavy atom. The summed E-state index contributed by atoms with van der Waals surface area (Å²) in [5.74, 6) is 0.218. The van der Waals surface area contributed by atoms with Crippen molar-refractivity contribution in [2.75, 3.05) is 7.11 Å². The molecule has 7 nitrogen and oxygen atoms in total. The number of methoxy groups -OCH3 is 1. The number of fused-ring (bicyclic) bond motifs is 1. The van der Waals surface area contributed by atoms with E-state index < -0.39 is 0 Å². The van der Waals surface area contributed by atoms with Crippen LogP contribution in [-0.4, -0.2) is 32.2 Å². The Kier molecular flexibility index (Phi) is 4.67. The lowest BCUT2D eigenvalue weighted by atomic mass is 10.1. The highest BCUT2D eigenvalue weighted by atomic mass is 35.5. The molecule has 4 rings (SSSR count). The number of para-hydroxylation sites is 1. The molecule has 0 spiro atoms. The molecular formula is C20H15ClN4O3. The lowest BCUT2D eigenvalue weighted by molar-refractivity contribution is 0.0970. The van der Waals surface area contributed by atoms with Gasteiger partial charge in [-0.2, -0.15) is 5.10 Å². The van der Waals surface area contributed by atoms with Crippen LogP contribution < -0.4 is 10.3 Å². The van der Waals surface area contributed by atoms with Crippen molar-refractivity contribution in [3.63, 3.8) is 0 Å². The number of nitrogens with zero attached hydrogens (tertiary/aromatic N) is 4. The number of benzene rings is 2. The van der Waals surface area contributed by atoms with Gasteiger partial charge in [0.05, 0.1) is 30.6 Å². The van der Waals surface area contributed by atoms with Crippen molar-refractivity contribution < 1.29 is 9.53 Å². The van der Waals surface area contributed by atoms with E-state index >= 15 is 0 Å². The second-order valence-corrected chi connectivity index (χ2v) is 6.49. The van der Waals surface area contributed by atoms with Crippen LogP contribution in [0.1, 0.15) is 10.4 Å². The number of carbonyl (C=O) groups excluding carboxylic acids is 1. The molecule has 0 bridgehead atoms. The molecule has 2 aromatic heterocycles. The van der Waals surface area contributed by atoms with Crippen molar-refractivity contribution in [3.8, 4) is 11.4 Å². The molecule has 4 aromatic rings. The minimum atomic E-state index is -0.333. The van der Waals surface area contributed by atoms with Gasteiger partial charge in [-0.15, -0.1) is 0 Å². The van der Waals surface area contributed by atoms with Gasteiger partial charge in [-0.3, -0.25) is 14.2 Å². The zero-order chi connectivity index (χ0) is 19.7. The third-order valence-corrected chi connectivity index (χ3v) is 4.64. The zero-order valence-corrected chi connectivity index (χ0v) is 15.6. The van der Waals surface area contributed by atoms with Gasteiger partial charge in [0, 0.05) is 5.56 Å². The number of ether oxygens (including phenoxy) is 1. The normalized spacial score (nSPS) is 10.9. The maximum absolute atomic E-state index is 12.8. The second kappa shape index (κ2) is 7.28.